The Morgan fingerprint density at radius 1 is 1.47 bits per heavy atom. The molecule has 1 aromatic carbocycles. The van der Waals surface area contributed by atoms with Crippen molar-refractivity contribution in [1.29, 1.82) is 0 Å². The van der Waals surface area contributed by atoms with Gasteiger partial charge < -0.3 is 10.4 Å². The molecule has 1 aromatic rings. The number of carbonyl (C=O) groups is 1. The van der Waals surface area contributed by atoms with E-state index in [4.69, 9.17) is 0 Å². The van der Waals surface area contributed by atoms with Gasteiger partial charge in [-0.3, -0.25) is 4.79 Å². The highest BCUT2D eigenvalue weighted by Crippen LogP contribution is 2.27. The van der Waals surface area contributed by atoms with E-state index in [1.807, 2.05) is 0 Å². The van der Waals surface area contributed by atoms with Crippen molar-refractivity contribution in [2.24, 2.45) is 5.92 Å². The summed E-state index contributed by atoms with van der Waals surface area (Å²) in [5.74, 6) is 0.740. The molecule has 3 nitrogen and oxygen atoms in total. The Balaban J connectivity index is 1.98. The van der Waals surface area contributed by atoms with Crippen molar-refractivity contribution in [3.05, 3.63) is 28.2 Å². The summed E-state index contributed by atoms with van der Waals surface area (Å²) in [6.45, 7) is 2.21. The third-order valence-electron chi connectivity index (χ3n) is 3.90. The molecule has 2 N–H and O–H groups in total. The zero-order valence-electron chi connectivity index (χ0n) is 11.2. The van der Waals surface area contributed by atoms with Crippen LogP contribution in [0.4, 0.5) is 0 Å². The average molecular weight is 326 g/mol. The van der Waals surface area contributed by atoms with Crippen LogP contribution in [0, 0.1) is 5.92 Å². The van der Waals surface area contributed by atoms with Gasteiger partial charge in [0.05, 0.1) is 4.47 Å². The molecule has 2 rings (SSSR count). The number of nitrogens with one attached hydrogen (secondary N) is 1. The van der Waals surface area contributed by atoms with Crippen LogP contribution in [0.5, 0.6) is 5.75 Å². The number of hydrogen-bond donors (Lipinski definition) is 2. The molecule has 1 aliphatic carbocycles. The molecule has 1 amide bonds. The number of benzene rings is 1. The number of halogens is 1. The minimum atomic E-state index is -0.0930. The van der Waals surface area contributed by atoms with Crippen molar-refractivity contribution in [2.45, 2.75) is 45.1 Å². The molecule has 2 unspecified atom stereocenters. The van der Waals surface area contributed by atoms with E-state index < -0.39 is 0 Å². The Kier molecular flexibility index (Phi) is 4.86. The normalized spacial score (nSPS) is 23.1. The first-order chi connectivity index (χ1) is 9.10. The van der Waals surface area contributed by atoms with Crippen LogP contribution in [0.15, 0.2) is 22.7 Å². The first-order valence-electron chi connectivity index (χ1n) is 6.89. The highest BCUT2D eigenvalue weighted by molar-refractivity contribution is 9.10. The van der Waals surface area contributed by atoms with E-state index in [9.17, 15) is 9.90 Å². The quantitative estimate of drug-likeness (QED) is 0.886. The predicted octanol–water partition coefficient (Wildman–Crippen LogP) is 3.85. The lowest BCUT2D eigenvalue weighted by molar-refractivity contribution is 0.0918. The third kappa shape index (κ3) is 3.72. The molecule has 1 saturated carbocycles. The van der Waals surface area contributed by atoms with E-state index >= 15 is 0 Å². The van der Waals surface area contributed by atoms with E-state index in [1.165, 1.54) is 25.3 Å². The maximum atomic E-state index is 12.1. The van der Waals surface area contributed by atoms with Gasteiger partial charge in [0.25, 0.3) is 5.91 Å². The van der Waals surface area contributed by atoms with Gasteiger partial charge in [0.2, 0.25) is 0 Å². The summed E-state index contributed by atoms with van der Waals surface area (Å²) in [6.07, 6.45) is 5.79. The maximum Gasteiger partial charge on any atom is 0.251 e. The van der Waals surface area contributed by atoms with Crippen molar-refractivity contribution < 1.29 is 9.90 Å². The fraction of sp³-hybridized carbons (Fsp3) is 0.533. The molecular formula is C15H20BrNO2. The van der Waals surface area contributed by atoms with Crippen LogP contribution in [0.2, 0.25) is 0 Å². The fourth-order valence-corrected chi connectivity index (χ4v) is 2.96. The van der Waals surface area contributed by atoms with Crippen LogP contribution in [0.3, 0.4) is 0 Å². The van der Waals surface area contributed by atoms with E-state index in [0.717, 1.165) is 18.8 Å². The summed E-state index contributed by atoms with van der Waals surface area (Å²) in [5, 5.41) is 12.7. The SMILES string of the molecule is CCC1CCCC(NC(=O)c2ccc(Br)c(O)c2)C1. The first kappa shape index (κ1) is 14.4. The first-order valence-corrected chi connectivity index (χ1v) is 7.68. The standard InChI is InChI=1S/C15H20BrNO2/c1-2-10-4-3-5-12(8-10)17-15(19)11-6-7-13(16)14(18)9-11/h6-7,9-10,12,18H,2-5,8H2,1H3,(H,17,19). The number of amides is 1. The molecule has 0 radical (unpaired) electrons. The van der Waals surface area contributed by atoms with E-state index in [1.54, 1.807) is 12.1 Å². The number of carbonyl (C=O) groups excluding carboxylic acids is 1. The van der Waals surface area contributed by atoms with Crippen LogP contribution >= 0.6 is 15.9 Å². The minimum Gasteiger partial charge on any atom is -0.507 e. The molecule has 0 heterocycles. The van der Waals surface area contributed by atoms with Crippen LogP contribution in [0.25, 0.3) is 0 Å². The second-order valence-corrected chi connectivity index (χ2v) is 6.13. The van der Waals surface area contributed by atoms with Crippen LogP contribution in [0.1, 0.15) is 49.4 Å². The predicted molar refractivity (Wildman–Crippen MR) is 79.3 cm³/mol. The molecule has 0 aromatic heterocycles. The molecule has 1 aliphatic rings. The van der Waals surface area contributed by atoms with Gasteiger partial charge in [-0.15, -0.1) is 0 Å². The lowest BCUT2D eigenvalue weighted by Gasteiger charge is -2.29. The van der Waals surface area contributed by atoms with Gasteiger partial charge in [0.15, 0.2) is 0 Å². The zero-order chi connectivity index (χ0) is 13.8. The number of phenolic OH excluding ortho intramolecular Hbond substituents is 1. The van der Waals surface area contributed by atoms with Crippen LogP contribution in [-0.2, 0) is 0 Å². The Morgan fingerprint density at radius 3 is 2.95 bits per heavy atom. The van der Waals surface area contributed by atoms with Gasteiger partial charge in [-0.05, 0) is 52.9 Å². The second kappa shape index (κ2) is 6.42. The van der Waals surface area contributed by atoms with E-state index in [-0.39, 0.29) is 17.7 Å². The molecular weight excluding hydrogens is 306 g/mol. The van der Waals surface area contributed by atoms with Gasteiger partial charge in [-0.1, -0.05) is 26.2 Å². The Bertz CT molecular complexity index is 461. The molecule has 0 spiro atoms. The van der Waals surface area contributed by atoms with Crippen molar-refractivity contribution >= 4 is 21.8 Å². The Hall–Kier alpha value is -1.03. The highest BCUT2D eigenvalue weighted by Gasteiger charge is 2.22. The van der Waals surface area contributed by atoms with Gasteiger partial charge >= 0.3 is 0 Å². The number of aromatic hydroxyl groups is 1. The molecule has 104 valence electrons. The smallest absolute Gasteiger partial charge is 0.251 e. The summed E-state index contributed by atoms with van der Waals surface area (Å²) in [7, 11) is 0. The summed E-state index contributed by atoms with van der Waals surface area (Å²) < 4.78 is 0.604. The molecule has 1 fully saturated rings. The zero-order valence-corrected chi connectivity index (χ0v) is 12.7. The molecule has 0 aliphatic heterocycles. The van der Waals surface area contributed by atoms with Crippen molar-refractivity contribution in [3.63, 3.8) is 0 Å². The Morgan fingerprint density at radius 2 is 2.26 bits per heavy atom. The number of hydrogen-bond acceptors (Lipinski definition) is 2. The summed E-state index contributed by atoms with van der Waals surface area (Å²) in [4.78, 5) is 12.1. The second-order valence-electron chi connectivity index (χ2n) is 5.28. The molecule has 0 saturated heterocycles. The summed E-state index contributed by atoms with van der Waals surface area (Å²) in [5.41, 5.74) is 0.513. The summed E-state index contributed by atoms with van der Waals surface area (Å²) >= 11 is 3.21. The van der Waals surface area contributed by atoms with E-state index in [0.29, 0.717) is 10.0 Å². The van der Waals surface area contributed by atoms with Gasteiger partial charge in [0, 0.05) is 11.6 Å². The van der Waals surface area contributed by atoms with E-state index in [2.05, 4.69) is 28.2 Å². The molecule has 2 atom stereocenters. The highest BCUT2D eigenvalue weighted by atomic mass is 79.9. The molecule has 19 heavy (non-hydrogen) atoms. The van der Waals surface area contributed by atoms with Gasteiger partial charge in [-0.25, -0.2) is 0 Å². The third-order valence-corrected chi connectivity index (χ3v) is 4.57. The number of phenols is 1. The lowest BCUT2D eigenvalue weighted by Crippen LogP contribution is -2.38. The molecule has 4 heteroatoms. The van der Waals surface area contributed by atoms with Crippen molar-refractivity contribution in [3.8, 4) is 5.75 Å². The fourth-order valence-electron chi connectivity index (χ4n) is 2.72. The van der Waals surface area contributed by atoms with Crippen LogP contribution < -0.4 is 5.32 Å². The largest absolute Gasteiger partial charge is 0.507 e. The van der Waals surface area contributed by atoms with Crippen molar-refractivity contribution in [1.82, 2.24) is 5.32 Å². The lowest BCUT2D eigenvalue weighted by atomic mass is 9.84. The van der Waals surface area contributed by atoms with Crippen molar-refractivity contribution in [2.75, 3.05) is 0 Å². The van der Waals surface area contributed by atoms with Gasteiger partial charge in [-0.2, -0.15) is 0 Å². The average Bonchev–Trinajstić information content (AvgIpc) is 2.42. The maximum absolute atomic E-state index is 12.1. The topological polar surface area (TPSA) is 49.3 Å². The summed E-state index contributed by atoms with van der Waals surface area (Å²) in [6, 6.07) is 5.19. The van der Waals surface area contributed by atoms with Crippen LogP contribution in [-0.4, -0.2) is 17.1 Å². The van der Waals surface area contributed by atoms with Gasteiger partial charge in [0.1, 0.15) is 5.75 Å². The minimum absolute atomic E-state index is 0.0930. The monoisotopic (exact) mass is 325 g/mol. The Labute approximate surface area is 122 Å². The number of rotatable bonds is 3. The molecule has 0 bridgehead atoms.